The number of aliphatic hydroxyl groups excluding tert-OH is 1. The Bertz CT molecular complexity index is 709. The van der Waals surface area contributed by atoms with Gasteiger partial charge in [0.15, 0.2) is 11.6 Å². The van der Waals surface area contributed by atoms with Gasteiger partial charge >= 0.3 is 0 Å². The Hall–Kier alpha value is -1.33. The van der Waals surface area contributed by atoms with Crippen LogP contribution in [0.3, 0.4) is 0 Å². The van der Waals surface area contributed by atoms with E-state index in [0.29, 0.717) is 19.3 Å². The number of ketones is 3. The Morgan fingerprint density at radius 3 is 2.60 bits per heavy atom. The zero-order valence-electron chi connectivity index (χ0n) is 14.9. The molecule has 0 heterocycles. The van der Waals surface area contributed by atoms with E-state index in [-0.39, 0.29) is 41.2 Å². The highest BCUT2D eigenvalue weighted by Crippen LogP contribution is 2.69. The van der Waals surface area contributed by atoms with Gasteiger partial charge in [0.1, 0.15) is 18.0 Å². The minimum atomic E-state index is -1.76. The smallest absolute Gasteiger partial charge is 0.190 e. The molecule has 0 radical (unpaired) electrons. The fraction of sp³-hybridized carbons (Fsp3) is 0.750. The molecule has 5 nitrogen and oxygen atoms in total. The van der Waals surface area contributed by atoms with Gasteiger partial charge in [-0.05, 0) is 62.4 Å². The Balaban J connectivity index is 1.81. The number of carbonyl (C=O) groups excluding carboxylic acids is 3. The van der Waals surface area contributed by atoms with Crippen LogP contribution in [0.1, 0.15) is 52.4 Å². The van der Waals surface area contributed by atoms with Crippen LogP contribution >= 0.6 is 0 Å². The van der Waals surface area contributed by atoms with Crippen molar-refractivity contribution >= 4 is 17.3 Å². The molecule has 3 fully saturated rings. The first-order valence-corrected chi connectivity index (χ1v) is 9.35. The van der Waals surface area contributed by atoms with Gasteiger partial charge in [-0.1, -0.05) is 12.5 Å². The quantitative estimate of drug-likeness (QED) is 0.792. The van der Waals surface area contributed by atoms with Crippen molar-refractivity contribution < 1.29 is 24.6 Å². The number of allylic oxidation sites excluding steroid dienone is 2. The summed E-state index contributed by atoms with van der Waals surface area (Å²) >= 11 is 0. The van der Waals surface area contributed by atoms with Crippen LogP contribution in [0, 0.1) is 28.6 Å². The van der Waals surface area contributed by atoms with Crippen LogP contribution in [0.25, 0.3) is 0 Å². The molecule has 0 saturated heterocycles. The van der Waals surface area contributed by atoms with E-state index >= 15 is 0 Å². The first-order valence-electron chi connectivity index (χ1n) is 9.35. The normalized spacial score (nSPS) is 48.6. The van der Waals surface area contributed by atoms with Crippen molar-refractivity contribution in [3.63, 3.8) is 0 Å². The molecule has 0 aromatic rings. The number of aliphatic hydroxyl groups is 2. The fourth-order valence-electron chi connectivity index (χ4n) is 6.70. The molecule has 3 saturated carbocycles. The maximum atomic E-state index is 13.6. The number of Topliss-reactive ketones (excluding diaryl/α,β-unsaturated/α-hetero) is 2. The van der Waals surface area contributed by atoms with Gasteiger partial charge in [-0.3, -0.25) is 14.4 Å². The Kier molecular flexibility index (Phi) is 3.49. The molecule has 136 valence electrons. The third kappa shape index (κ3) is 1.83. The van der Waals surface area contributed by atoms with Crippen LogP contribution in [0.5, 0.6) is 0 Å². The van der Waals surface area contributed by atoms with Gasteiger partial charge in [-0.2, -0.15) is 0 Å². The maximum absolute atomic E-state index is 13.6. The molecule has 0 aromatic heterocycles. The van der Waals surface area contributed by atoms with Crippen LogP contribution < -0.4 is 0 Å². The van der Waals surface area contributed by atoms with Crippen molar-refractivity contribution in [1.29, 1.82) is 0 Å². The predicted octanol–water partition coefficient (Wildman–Crippen LogP) is 1.60. The number of hydrogen-bond acceptors (Lipinski definition) is 5. The predicted molar refractivity (Wildman–Crippen MR) is 89.5 cm³/mol. The van der Waals surface area contributed by atoms with E-state index in [0.717, 1.165) is 18.4 Å². The molecule has 0 aliphatic heterocycles. The topological polar surface area (TPSA) is 91.7 Å². The average molecular weight is 346 g/mol. The molecule has 0 amide bonds. The summed E-state index contributed by atoms with van der Waals surface area (Å²) in [5.74, 6) is -0.658. The highest BCUT2D eigenvalue weighted by molar-refractivity contribution is 6.02. The molecule has 4 aliphatic carbocycles. The van der Waals surface area contributed by atoms with Crippen molar-refractivity contribution in [1.82, 2.24) is 0 Å². The zero-order valence-corrected chi connectivity index (χ0v) is 14.9. The molecule has 25 heavy (non-hydrogen) atoms. The molecular weight excluding hydrogens is 320 g/mol. The first-order chi connectivity index (χ1) is 11.7. The number of fused-ring (bicyclic) bond motifs is 5. The van der Waals surface area contributed by atoms with Crippen LogP contribution in [-0.4, -0.2) is 39.8 Å². The number of hydrogen-bond donors (Lipinski definition) is 2. The fourth-order valence-corrected chi connectivity index (χ4v) is 6.70. The third-order valence-corrected chi connectivity index (χ3v) is 8.16. The summed E-state index contributed by atoms with van der Waals surface area (Å²) in [7, 11) is 0. The van der Waals surface area contributed by atoms with Crippen LogP contribution in [0.4, 0.5) is 0 Å². The molecule has 0 spiro atoms. The van der Waals surface area contributed by atoms with Crippen LogP contribution in [0.15, 0.2) is 11.6 Å². The maximum Gasteiger partial charge on any atom is 0.190 e. The molecule has 4 rings (SSSR count). The molecule has 0 bridgehead atoms. The summed E-state index contributed by atoms with van der Waals surface area (Å²) in [4.78, 5) is 37.8. The van der Waals surface area contributed by atoms with Crippen molar-refractivity contribution in [2.24, 2.45) is 28.6 Å². The second-order valence-electron chi connectivity index (χ2n) is 8.89. The van der Waals surface area contributed by atoms with E-state index < -0.39 is 23.4 Å². The van der Waals surface area contributed by atoms with Crippen LogP contribution in [-0.2, 0) is 14.4 Å². The molecule has 4 aliphatic rings. The molecule has 0 aromatic carbocycles. The summed E-state index contributed by atoms with van der Waals surface area (Å²) in [5, 5.41) is 20.5. The summed E-state index contributed by atoms with van der Waals surface area (Å²) < 4.78 is 0. The summed E-state index contributed by atoms with van der Waals surface area (Å²) in [5.41, 5.74) is -2.16. The number of carbonyl (C=O) groups is 3. The summed E-state index contributed by atoms with van der Waals surface area (Å²) in [6, 6.07) is 0. The second kappa shape index (κ2) is 5.10. The van der Waals surface area contributed by atoms with Gasteiger partial charge in [0, 0.05) is 12.3 Å². The van der Waals surface area contributed by atoms with E-state index in [1.54, 1.807) is 13.0 Å². The minimum Gasteiger partial charge on any atom is -0.388 e. The van der Waals surface area contributed by atoms with Crippen molar-refractivity contribution in [3.05, 3.63) is 11.6 Å². The van der Waals surface area contributed by atoms with E-state index in [4.69, 9.17) is 0 Å². The molecule has 2 N–H and O–H groups in total. The lowest BCUT2D eigenvalue weighted by Gasteiger charge is -2.47. The lowest BCUT2D eigenvalue weighted by molar-refractivity contribution is -0.161. The SMILES string of the molecule is CC12CCC(=O)C=C1CCC1C2C(=O)C2(C)C1CCC2(O)C(=O)CO. The first kappa shape index (κ1) is 17.1. The Morgan fingerprint density at radius 2 is 1.92 bits per heavy atom. The van der Waals surface area contributed by atoms with Gasteiger partial charge in [0.25, 0.3) is 0 Å². The lowest BCUT2D eigenvalue weighted by atomic mass is 9.56. The number of rotatable bonds is 2. The molecule has 6 atom stereocenters. The summed E-state index contributed by atoms with van der Waals surface area (Å²) in [6.07, 6.45) is 5.39. The molecular formula is C20H26O5. The van der Waals surface area contributed by atoms with Crippen LogP contribution in [0.2, 0.25) is 0 Å². The van der Waals surface area contributed by atoms with Gasteiger partial charge in [0.2, 0.25) is 0 Å². The highest BCUT2D eigenvalue weighted by atomic mass is 16.3. The van der Waals surface area contributed by atoms with Gasteiger partial charge in [-0.25, -0.2) is 0 Å². The molecule has 5 heteroatoms. The lowest BCUT2D eigenvalue weighted by Crippen LogP contribution is -2.55. The van der Waals surface area contributed by atoms with Gasteiger partial charge < -0.3 is 10.2 Å². The monoisotopic (exact) mass is 346 g/mol. The van der Waals surface area contributed by atoms with E-state index in [1.807, 2.05) is 0 Å². The van der Waals surface area contributed by atoms with Crippen molar-refractivity contribution in [2.75, 3.05) is 6.61 Å². The zero-order chi connectivity index (χ0) is 18.2. The Labute approximate surface area is 147 Å². The highest BCUT2D eigenvalue weighted by Gasteiger charge is 2.74. The molecule has 6 unspecified atom stereocenters. The van der Waals surface area contributed by atoms with Crippen molar-refractivity contribution in [3.8, 4) is 0 Å². The van der Waals surface area contributed by atoms with E-state index in [1.165, 1.54) is 0 Å². The summed E-state index contributed by atoms with van der Waals surface area (Å²) in [6.45, 7) is 3.08. The Morgan fingerprint density at radius 1 is 1.20 bits per heavy atom. The largest absolute Gasteiger partial charge is 0.388 e. The minimum absolute atomic E-state index is 0.0264. The van der Waals surface area contributed by atoms with Gasteiger partial charge in [-0.15, -0.1) is 0 Å². The van der Waals surface area contributed by atoms with Crippen molar-refractivity contribution in [2.45, 2.75) is 58.0 Å². The van der Waals surface area contributed by atoms with E-state index in [2.05, 4.69) is 6.92 Å². The standard InChI is InChI=1S/C20H26O5/c1-18-7-5-12(22)9-11(18)3-4-13-14-6-8-20(25,15(23)10-21)19(14,2)17(24)16(13)18/h9,13-14,16,21,25H,3-8,10H2,1-2H3. The third-order valence-electron chi connectivity index (χ3n) is 8.16. The van der Waals surface area contributed by atoms with E-state index in [9.17, 15) is 24.6 Å². The second-order valence-corrected chi connectivity index (χ2v) is 8.89. The average Bonchev–Trinajstić information content (AvgIpc) is 2.99. The van der Waals surface area contributed by atoms with Gasteiger partial charge in [0.05, 0.1) is 5.41 Å².